The fraction of sp³-hybridized carbons (Fsp3) is 0.222. The van der Waals surface area contributed by atoms with Gasteiger partial charge in [-0.25, -0.2) is 0 Å². The van der Waals surface area contributed by atoms with Gasteiger partial charge < -0.3 is 0 Å². The summed E-state index contributed by atoms with van der Waals surface area (Å²) < 4.78 is 0.849. The molecular weight excluding hydrogens is 174 g/mol. The molecule has 0 aromatic carbocycles. The Morgan fingerprint density at radius 3 is 2.08 bits per heavy atom. The van der Waals surface area contributed by atoms with Crippen molar-refractivity contribution in [1.29, 1.82) is 0 Å². The minimum absolute atomic E-state index is 0.313. The zero-order chi connectivity index (χ0) is 9.98. The van der Waals surface area contributed by atoms with Gasteiger partial charge in [0.25, 0.3) is 0 Å². The highest BCUT2D eigenvalue weighted by Crippen LogP contribution is 1.95. The summed E-state index contributed by atoms with van der Waals surface area (Å²) in [5.41, 5.74) is 0. The van der Waals surface area contributed by atoms with Crippen molar-refractivity contribution < 1.29 is 9.94 Å². The molecule has 1 aromatic rings. The van der Waals surface area contributed by atoms with Crippen LogP contribution in [0.2, 0.25) is 5.15 Å². The van der Waals surface area contributed by atoms with Crippen LogP contribution in [0, 0.1) is 0 Å². The quantitative estimate of drug-likeness (QED) is 0.288. The Bertz CT molecular complexity index is 182. The van der Waals surface area contributed by atoms with Crippen molar-refractivity contribution >= 4 is 11.6 Å². The molecule has 0 aliphatic carbocycles. The van der Waals surface area contributed by atoms with Gasteiger partial charge in [0.15, 0.2) is 0 Å². The van der Waals surface area contributed by atoms with Crippen LogP contribution in [-0.4, -0.2) is 5.21 Å². The molecule has 0 unspecified atom stereocenters. The van der Waals surface area contributed by atoms with E-state index >= 15 is 0 Å². The van der Waals surface area contributed by atoms with E-state index in [-0.39, 0.29) is 0 Å². The first-order chi connectivity index (χ1) is 5.80. The van der Waals surface area contributed by atoms with E-state index in [1.807, 2.05) is 13.8 Å². The number of aromatic nitrogens is 1. The average molecular weight is 189 g/mol. The summed E-state index contributed by atoms with van der Waals surface area (Å²) in [5.74, 6) is 0. The summed E-state index contributed by atoms with van der Waals surface area (Å²) in [6, 6.07) is 5.03. The van der Waals surface area contributed by atoms with E-state index in [2.05, 4.69) is 13.2 Å². The van der Waals surface area contributed by atoms with E-state index in [0.29, 0.717) is 5.15 Å². The van der Waals surface area contributed by atoms with E-state index in [4.69, 9.17) is 16.8 Å². The molecule has 12 heavy (non-hydrogen) atoms. The highest BCUT2D eigenvalue weighted by Gasteiger charge is 1.99. The van der Waals surface area contributed by atoms with Gasteiger partial charge in [-0.3, -0.25) is 5.21 Å². The summed E-state index contributed by atoms with van der Waals surface area (Å²) in [4.78, 5) is 0. The van der Waals surface area contributed by atoms with Crippen molar-refractivity contribution in [2.24, 2.45) is 0 Å². The number of halogens is 1. The second-order valence-corrected chi connectivity index (χ2v) is 1.76. The highest BCUT2D eigenvalue weighted by molar-refractivity contribution is 6.28. The fourth-order valence-electron chi connectivity index (χ4n) is 0.414. The molecule has 0 aliphatic heterocycles. The number of nitrogens with zero attached hydrogens (tertiary/aromatic N) is 1. The van der Waals surface area contributed by atoms with E-state index in [9.17, 15) is 0 Å². The maximum absolute atomic E-state index is 8.70. The van der Waals surface area contributed by atoms with Crippen LogP contribution in [0.1, 0.15) is 13.8 Å². The first kappa shape index (κ1) is 13.6. The molecule has 1 N–H and O–H groups in total. The number of hydrogen-bond acceptors (Lipinski definition) is 1. The Hall–Kier alpha value is -1.02. The van der Waals surface area contributed by atoms with Crippen LogP contribution in [-0.2, 0) is 0 Å². The lowest BCUT2D eigenvalue weighted by Gasteiger charge is -1.80. The van der Waals surface area contributed by atoms with Crippen LogP contribution in [0.25, 0.3) is 0 Å². The first-order valence-corrected chi connectivity index (χ1v) is 4.04. The average Bonchev–Trinajstić information content (AvgIpc) is 2.17. The summed E-state index contributed by atoms with van der Waals surface area (Å²) >= 11 is 5.42. The molecule has 0 amide bonds. The van der Waals surface area contributed by atoms with E-state index in [0.717, 1.165) is 4.73 Å². The second-order valence-electron chi connectivity index (χ2n) is 1.37. The molecule has 0 fully saturated rings. The van der Waals surface area contributed by atoms with Crippen molar-refractivity contribution in [3.8, 4) is 0 Å². The van der Waals surface area contributed by atoms with Gasteiger partial charge in [-0.2, -0.15) is 0 Å². The third-order valence-corrected chi connectivity index (χ3v) is 1.09. The lowest BCUT2D eigenvalue weighted by molar-refractivity contribution is -0.903. The van der Waals surface area contributed by atoms with Crippen molar-refractivity contribution in [3.05, 3.63) is 42.7 Å². The van der Waals surface area contributed by atoms with Gasteiger partial charge >= 0.3 is 5.15 Å². The zero-order valence-electron chi connectivity index (χ0n) is 7.50. The van der Waals surface area contributed by atoms with Crippen molar-refractivity contribution in [1.82, 2.24) is 0 Å². The Kier molecular flexibility index (Phi) is 11.3. The maximum Gasteiger partial charge on any atom is 0.324 e. The molecule has 1 rings (SSSR count). The topological polar surface area (TPSA) is 24.1 Å². The van der Waals surface area contributed by atoms with Crippen molar-refractivity contribution in [3.63, 3.8) is 0 Å². The molecule has 2 nitrogen and oxygen atoms in total. The molecule has 0 saturated carbocycles. The molecule has 0 spiro atoms. The summed E-state index contributed by atoms with van der Waals surface area (Å²) in [5, 5.41) is 9.02. The Balaban J connectivity index is 0. The monoisotopic (exact) mass is 188 g/mol. The number of rotatable bonds is 0. The second kappa shape index (κ2) is 9.98. The van der Waals surface area contributed by atoms with E-state index in [1.54, 1.807) is 18.2 Å². The third kappa shape index (κ3) is 5.74. The van der Waals surface area contributed by atoms with Crippen LogP contribution in [0.5, 0.6) is 0 Å². The minimum Gasteiger partial charge on any atom is -0.284 e. The molecule has 68 valence electrons. The summed E-state index contributed by atoms with van der Waals surface area (Å²) in [7, 11) is 0. The predicted octanol–water partition coefficient (Wildman–Crippen LogP) is 2.69. The van der Waals surface area contributed by atoms with Crippen molar-refractivity contribution in [2.75, 3.05) is 0 Å². The molecular formula is C9H15ClNO+. The number of pyridine rings is 1. The Morgan fingerprint density at radius 1 is 1.33 bits per heavy atom. The standard InChI is InChI=1S/C5H5ClNO.C2H6.C2H4/c6-5-3-1-2-4-7(5)8;2*1-2/h1-4,8H;1-2H3;1-2H2/q+1;;. The van der Waals surface area contributed by atoms with Crippen LogP contribution in [0.3, 0.4) is 0 Å². The molecule has 0 saturated heterocycles. The van der Waals surface area contributed by atoms with Crippen molar-refractivity contribution in [2.45, 2.75) is 13.8 Å². The molecule has 0 aliphatic rings. The van der Waals surface area contributed by atoms with E-state index < -0.39 is 0 Å². The van der Waals surface area contributed by atoms with E-state index in [1.165, 1.54) is 6.20 Å². The van der Waals surface area contributed by atoms with Gasteiger partial charge in [-0.1, -0.05) is 13.8 Å². The van der Waals surface area contributed by atoms with Gasteiger partial charge in [-0.05, 0) is 17.7 Å². The molecule has 3 heteroatoms. The lowest BCUT2D eigenvalue weighted by atomic mass is 10.5. The van der Waals surface area contributed by atoms with Crippen LogP contribution in [0.15, 0.2) is 37.6 Å². The molecule has 0 bridgehead atoms. The molecule has 1 aromatic heterocycles. The van der Waals surface area contributed by atoms with Crippen LogP contribution < -0.4 is 4.73 Å². The Morgan fingerprint density at radius 2 is 1.83 bits per heavy atom. The molecule has 1 heterocycles. The Labute approximate surface area is 78.7 Å². The summed E-state index contributed by atoms with van der Waals surface area (Å²) in [6.07, 6.45) is 1.46. The van der Waals surface area contributed by atoms with Gasteiger partial charge in [-0.15, -0.1) is 13.2 Å². The van der Waals surface area contributed by atoms with Gasteiger partial charge in [0.05, 0.1) is 0 Å². The van der Waals surface area contributed by atoms with Crippen LogP contribution in [0.4, 0.5) is 0 Å². The maximum atomic E-state index is 8.70. The first-order valence-electron chi connectivity index (χ1n) is 3.66. The van der Waals surface area contributed by atoms with Crippen LogP contribution >= 0.6 is 11.6 Å². The minimum atomic E-state index is 0.313. The highest BCUT2D eigenvalue weighted by atomic mass is 35.5. The van der Waals surface area contributed by atoms with Gasteiger partial charge in [0.2, 0.25) is 6.20 Å². The molecule has 0 atom stereocenters. The fourth-order valence-corrected chi connectivity index (χ4v) is 0.543. The third-order valence-electron chi connectivity index (χ3n) is 0.791. The normalized spacial score (nSPS) is 6.92. The zero-order valence-corrected chi connectivity index (χ0v) is 8.25. The molecule has 0 radical (unpaired) electrons. The lowest BCUT2D eigenvalue weighted by Crippen LogP contribution is -2.29. The smallest absolute Gasteiger partial charge is 0.284 e. The van der Waals surface area contributed by atoms with Gasteiger partial charge in [0, 0.05) is 16.9 Å². The summed E-state index contributed by atoms with van der Waals surface area (Å²) in [6.45, 7) is 10.0. The largest absolute Gasteiger partial charge is 0.324 e. The SMILES string of the molecule is C=C.CC.O[n+]1ccccc1Cl. The van der Waals surface area contributed by atoms with Gasteiger partial charge in [0.1, 0.15) is 0 Å². The predicted molar refractivity (Wildman–Crippen MR) is 51.4 cm³/mol. The number of hydrogen-bond donors (Lipinski definition) is 1.